The van der Waals surface area contributed by atoms with Gasteiger partial charge in [0.15, 0.2) is 5.82 Å². The monoisotopic (exact) mass is 212 g/mol. The lowest BCUT2D eigenvalue weighted by Gasteiger charge is -2.17. The Morgan fingerprint density at radius 3 is 2.80 bits per heavy atom. The molecule has 0 spiro atoms. The van der Waals surface area contributed by atoms with Crippen LogP contribution in [-0.4, -0.2) is 22.7 Å². The lowest BCUT2D eigenvalue weighted by atomic mass is 10.0. The Bertz CT molecular complexity index is 287. The number of hydrogen-bond acceptors (Lipinski definition) is 5. The van der Waals surface area contributed by atoms with Gasteiger partial charge in [-0.05, 0) is 12.8 Å². The molecule has 0 aliphatic carbocycles. The van der Waals surface area contributed by atoms with Crippen LogP contribution in [0.25, 0.3) is 0 Å². The number of aryl methyl sites for hydroxylation is 1. The Morgan fingerprint density at radius 2 is 2.27 bits per heavy atom. The van der Waals surface area contributed by atoms with Gasteiger partial charge in [0, 0.05) is 12.6 Å². The van der Waals surface area contributed by atoms with Crippen molar-refractivity contribution >= 4 is 0 Å². The molecule has 0 bridgehead atoms. The second-order valence-electron chi connectivity index (χ2n) is 3.92. The number of nitrogens with one attached hydrogen (secondary N) is 1. The topological polar surface area (TPSA) is 77.0 Å². The Morgan fingerprint density at radius 1 is 1.53 bits per heavy atom. The third-order valence-electron chi connectivity index (χ3n) is 2.60. The molecule has 1 heterocycles. The van der Waals surface area contributed by atoms with E-state index in [0.29, 0.717) is 24.2 Å². The van der Waals surface area contributed by atoms with Crippen molar-refractivity contribution in [1.82, 2.24) is 15.5 Å². The summed E-state index contributed by atoms with van der Waals surface area (Å²) in [6.45, 7) is 7.47. The first-order chi connectivity index (χ1) is 7.13. The molecule has 2 atom stereocenters. The van der Waals surface area contributed by atoms with Crippen molar-refractivity contribution in [2.24, 2.45) is 11.7 Å². The molecule has 5 heteroatoms. The Kier molecular flexibility index (Phi) is 4.71. The molecule has 0 saturated heterocycles. The van der Waals surface area contributed by atoms with Crippen LogP contribution in [0.2, 0.25) is 0 Å². The summed E-state index contributed by atoms with van der Waals surface area (Å²) in [5, 5.41) is 6.92. The molecule has 0 radical (unpaired) electrons. The van der Waals surface area contributed by atoms with Crippen LogP contribution in [0.5, 0.6) is 0 Å². The fourth-order valence-corrected chi connectivity index (χ4v) is 1.26. The molecule has 2 unspecified atom stereocenters. The van der Waals surface area contributed by atoms with E-state index in [9.17, 15) is 0 Å². The Balaban J connectivity index is 2.21. The van der Waals surface area contributed by atoms with Crippen LogP contribution >= 0.6 is 0 Å². The predicted octanol–water partition coefficient (Wildman–Crippen LogP) is 0.841. The van der Waals surface area contributed by atoms with Gasteiger partial charge in [-0.15, -0.1) is 0 Å². The average molecular weight is 212 g/mol. The maximum atomic E-state index is 5.97. The Labute approximate surface area is 90.4 Å². The third-order valence-corrected chi connectivity index (χ3v) is 2.60. The minimum atomic E-state index is 0.180. The molecule has 3 N–H and O–H groups in total. The van der Waals surface area contributed by atoms with Gasteiger partial charge in [0.1, 0.15) is 0 Å². The summed E-state index contributed by atoms with van der Waals surface area (Å²) in [6.07, 6.45) is 1.10. The molecule has 0 amide bonds. The van der Waals surface area contributed by atoms with Gasteiger partial charge in [-0.25, -0.2) is 0 Å². The number of nitrogens with two attached hydrogens (primary N) is 1. The van der Waals surface area contributed by atoms with Gasteiger partial charge in [-0.2, -0.15) is 4.98 Å². The van der Waals surface area contributed by atoms with Crippen molar-refractivity contribution in [3.8, 4) is 0 Å². The largest absolute Gasteiger partial charge is 0.338 e. The van der Waals surface area contributed by atoms with E-state index in [4.69, 9.17) is 10.3 Å². The van der Waals surface area contributed by atoms with Crippen LogP contribution < -0.4 is 11.1 Å². The maximum Gasteiger partial charge on any atom is 0.240 e. The lowest BCUT2D eigenvalue weighted by molar-refractivity contribution is 0.353. The van der Waals surface area contributed by atoms with Gasteiger partial charge in [0.25, 0.3) is 0 Å². The summed E-state index contributed by atoms with van der Waals surface area (Å²) in [5.74, 6) is 1.81. The van der Waals surface area contributed by atoms with Gasteiger partial charge in [-0.3, -0.25) is 0 Å². The molecule has 15 heavy (non-hydrogen) atoms. The molecule has 1 aromatic rings. The van der Waals surface area contributed by atoms with E-state index in [1.165, 1.54) is 0 Å². The summed E-state index contributed by atoms with van der Waals surface area (Å²) >= 11 is 0. The smallest absolute Gasteiger partial charge is 0.240 e. The molecule has 1 rings (SSSR count). The van der Waals surface area contributed by atoms with Crippen LogP contribution in [0.15, 0.2) is 4.52 Å². The van der Waals surface area contributed by atoms with Gasteiger partial charge in [0.2, 0.25) is 5.89 Å². The van der Waals surface area contributed by atoms with Crippen LogP contribution in [0.1, 0.15) is 32.0 Å². The first-order valence-corrected chi connectivity index (χ1v) is 5.39. The summed E-state index contributed by atoms with van der Waals surface area (Å²) in [7, 11) is 0. The minimum Gasteiger partial charge on any atom is -0.338 e. The molecule has 0 fully saturated rings. The third kappa shape index (κ3) is 3.97. The fourth-order valence-electron chi connectivity index (χ4n) is 1.26. The molecule has 5 nitrogen and oxygen atoms in total. The first kappa shape index (κ1) is 12.1. The molecule has 1 aromatic heterocycles. The van der Waals surface area contributed by atoms with Gasteiger partial charge in [0.05, 0.1) is 6.54 Å². The van der Waals surface area contributed by atoms with Crippen molar-refractivity contribution in [3.05, 3.63) is 11.7 Å². The number of hydrogen-bond donors (Lipinski definition) is 2. The zero-order chi connectivity index (χ0) is 11.3. The van der Waals surface area contributed by atoms with E-state index in [1.807, 2.05) is 0 Å². The van der Waals surface area contributed by atoms with E-state index in [2.05, 4.69) is 29.3 Å². The van der Waals surface area contributed by atoms with Crippen molar-refractivity contribution in [2.75, 3.05) is 6.54 Å². The fraction of sp³-hybridized carbons (Fsp3) is 0.800. The lowest BCUT2D eigenvalue weighted by Crippen LogP contribution is -2.38. The molecular weight excluding hydrogens is 192 g/mol. The summed E-state index contributed by atoms with van der Waals surface area (Å²) in [5.41, 5.74) is 5.97. The van der Waals surface area contributed by atoms with Crippen LogP contribution in [-0.2, 0) is 6.54 Å². The molecule has 0 aromatic carbocycles. The Hall–Kier alpha value is -0.940. The summed E-state index contributed by atoms with van der Waals surface area (Å²) < 4.78 is 4.97. The highest BCUT2D eigenvalue weighted by molar-refractivity contribution is 4.82. The zero-order valence-corrected chi connectivity index (χ0v) is 9.66. The van der Waals surface area contributed by atoms with Gasteiger partial charge in [-0.1, -0.05) is 25.4 Å². The normalized spacial score (nSPS) is 15.2. The zero-order valence-electron chi connectivity index (χ0n) is 9.66. The van der Waals surface area contributed by atoms with Crippen LogP contribution in [0.4, 0.5) is 0 Å². The summed E-state index contributed by atoms with van der Waals surface area (Å²) in [4.78, 5) is 4.09. The molecule has 0 aliphatic rings. The highest BCUT2D eigenvalue weighted by Gasteiger charge is 2.10. The predicted molar refractivity (Wildman–Crippen MR) is 58.2 cm³/mol. The molecular formula is C10H20N4O. The van der Waals surface area contributed by atoms with E-state index >= 15 is 0 Å². The summed E-state index contributed by atoms with van der Waals surface area (Å²) in [6, 6.07) is 0.180. The highest BCUT2D eigenvalue weighted by atomic mass is 16.5. The molecule has 0 aliphatic heterocycles. The van der Waals surface area contributed by atoms with E-state index in [-0.39, 0.29) is 6.04 Å². The molecule has 86 valence electrons. The maximum absolute atomic E-state index is 5.97. The number of aromatic nitrogens is 2. The van der Waals surface area contributed by atoms with E-state index in [0.717, 1.165) is 13.0 Å². The van der Waals surface area contributed by atoms with Gasteiger partial charge < -0.3 is 15.6 Å². The number of nitrogens with zero attached hydrogens (tertiary/aromatic N) is 2. The quantitative estimate of drug-likeness (QED) is 0.730. The molecule has 0 saturated carbocycles. The first-order valence-electron chi connectivity index (χ1n) is 5.39. The second-order valence-corrected chi connectivity index (χ2v) is 3.92. The van der Waals surface area contributed by atoms with Crippen molar-refractivity contribution in [1.29, 1.82) is 0 Å². The van der Waals surface area contributed by atoms with Crippen molar-refractivity contribution < 1.29 is 4.52 Å². The number of rotatable bonds is 6. The second kappa shape index (κ2) is 5.82. The van der Waals surface area contributed by atoms with Crippen LogP contribution in [0.3, 0.4) is 0 Å². The SMILES string of the molecule is CCC(C)C(N)CNCc1nc(C)no1. The average Bonchev–Trinajstić information content (AvgIpc) is 2.63. The minimum absolute atomic E-state index is 0.180. The highest BCUT2D eigenvalue weighted by Crippen LogP contribution is 2.04. The van der Waals surface area contributed by atoms with E-state index in [1.54, 1.807) is 6.92 Å². The van der Waals surface area contributed by atoms with Gasteiger partial charge >= 0.3 is 0 Å². The van der Waals surface area contributed by atoms with Crippen molar-refractivity contribution in [3.63, 3.8) is 0 Å². The van der Waals surface area contributed by atoms with Crippen LogP contribution in [0, 0.1) is 12.8 Å². The van der Waals surface area contributed by atoms with Crippen molar-refractivity contribution in [2.45, 2.75) is 39.8 Å². The van der Waals surface area contributed by atoms with E-state index < -0.39 is 0 Å². The standard InChI is InChI=1S/C10H20N4O/c1-4-7(2)9(11)5-12-6-10-13-8(3)14-15-10/h7,9,12H,4-6,11H2,1-3H3.